The van der Waals surface area contributed by atoms with Crippen molar-refractivity contribution in [1.82, 2.24) is 20.4 Å². The Labute approximate surface area is 150 Å². The smallest absolute Gasteiger partial charge is 0.290 e. The summed E-state index contributed by atoms with van der Waals surface area (Å²) >= 11 is 1.48. The molecule has 7 nitrogen and oxygen atoms in total. The highest BCUT2D eigenvalue weighted by Crippen LogP contribution is 2.37. The molecule has 2 heterocycles. The highest BCUT2D eigenvalue weighted by molar-refractivity contribution is 8.00. The van der Waals surface area contributed by atoms with Gasteiger partial charge in [-0.3, -0.25) is 20.0 Å². The molecular formula is C17H19N5O2S. The predicted octanol–water partition coefficient (Wildman–Crippen LogP) is 1.77. The monoisotopic (exact) mass is 357 g/mol. The van der Waals surface area contributed by atoms with Crippen LogP contribution in [0.15, 0.2) is 36.7 Å². The minimum atomic E-state index is -0.446. The summed E-state index contributed by atoms with van der Waals surface area (Å²) in [4.78, 5) is 34.7. The van der Waals surface area contributed by atoms with Crippen LogP contribution in [-0.2, 0) is 4.79 Å². The number of carbonyl (C=O) groups is 2. The van der Waals surface area contributed by atoms with Gasteiger partial charge in [0.1, 0.15) is 11.1 Å². The zero-order valence-corrected chi connectivity index (χ0v) is 15.1. The molecule has 0 aliphatic carbocycles. The summed E-state index contributed by atoms with van der Waals surface area (Å²) < 4.78 is 0. The Balaban J connectivity index is 1.77. The molecule has 1 aromatic heterocycles. The molecule has 1 unspecified atom stereocenters. The standard InChI is InChI=1S/C17H19N5O2S/c1-11-8-19-14(9-18-11)16(24)20-22-15(23)10-25-17(22)12-4-6-13(7-5-12)21(2)3/h4-9,17H,10H2,1-3H3,(H,20,24). The van der Waals surface area contributed by atoms with Crippen LogP contribution in [0.2, 0.25) is 0 Å². The quantitative estimate of drug-likeness (QED) is 0.898. The zero-order valence-electron chi connectivity index (χ0n) is 14.3. The molecule has 1 saturated heterocycles. The van der Waals surface area contributed by atoms with Crippen molar-refractivity contribution in [1.29, 1.82) is 0 Å². The maximum atomic E-state index is 12.4. The van der Waals surface area contributed by atoms with Crippen LogP contribution < -0.4 is 10.3 Å². The van der Waals surface area contributed by atoms with E-state index in [1.807, 2.05) is 43.3 Å². The molecular weight excluding hydrogens is 338 g/mol. The van der Waals surface area contributed by atoms with Crippen molar-refractivity contribution in [2.45, 2.75) is 12.3 Å². The molecule has 25 heavy (non-hydrogen) atoms. The Morgan fingerprint density at radius 1 is 1.24 bits per heavy atom. The number of nitrogens with one attached hydrogen (secondary N) is 1. The molecule has 1 N–H and O–H groups in total. The Bertz CT molecular complexity index is 777. The second-order valence-corrected chi connectivity index (χ2v) is 6.97. The molecule has 0 radical (unpaired) electrons. The summed E-state index contributed by atoms with van der Waals surface area (Å²) in [6, 6.07) is 7.92. The summed E-state index contributed by atoms with van der Waals surface area (Å²) in [5, 5.41) is 1.12. The van der Waals surface area contributed by atoms with Gasteiger partial charge in [-0.15, -0.1) is 11.8 Å². The van der Waals surface area contributed by atoms with Gasteiger partial charge in [-0.2, -0.15) is 0 Å². The van der Waals surface area contributed by atoms with Crippen LogP contribution in [0.3, 0.4) is 0 Å². The number of anilines is 1. The third-order valence-corrected chi connectivity index (χ3v) is 5.01. The third kappa shape index (κ3) is 3.74. The zero-order chi connectivity index (χ0) is 18.0. The lowest BCUT2D eigenvalue weighted by Crippen LogP contribution is -2.44. The van der Waals surface area contributed by atoms with Crippen molar-refractivity contribution in [3.05, 3.63) is 53.6 Å². The van der Waals surface area contributed by atoms with E-state index in [4.69, 9.17) is 0 Å². The second kappa shape index (κ2) is 7.10. The number of aryl methyl sites for hydroxylation is 1. The normalized spacial score (nSPS) is 16.8. The van der Waals surface area contributed by atoms with Crippen molar-refractivity contribution in [3.63, 3.8) is 0 Å². The number of benzene rings is 1. The summed E-state index contributed by atoms with van der Waals surface area (Å²) in [6.07, 6.45) is 2.92. The first kappa shape index (κ1) is 17.2. The molecule has 8 heteroatoms. The second-order valence-electron chi connectivity index (χ2n) is 5.90. The minimum Gasteiger partial charge on any atom is -0.378 e. The highest BCUT2D eigenvalue weighted by Gasteiger charge is 2.34. The number of rotatable bonds is 4. The molecule has 0 bridgehead atoms. The Morgan fingerprint density at radius 2 is 1.96 bits per heavy atom. The van der Waals surface area contributed by atoms with Gasteiger partial charge >= 0.3 is 0 Å². The van der Waals surface area contributed by atoms with Crippen LogP contribution in [-0.4, -0.2) is 46.6 Å². The van der Waals surface area contributed by atoms with Crippen LogP contribution in [0.4, 0.5) is 5.69 Å². The van der Waals surface area contributed by atoms with E-state index in [1.165, 1.54) is 29.2 Å². The summed E-state index contributed by atoms with van der Waals surface area (Å²) in [6.45, 7) is 1.79. The lowest BCUT2D eigenvalue weighted by Gasteiger charge is -2.24. The fourth-order valence-corrected chi connectivity index (χ4v) is 3.51. The van der Waals surface area contributed by atoms with Crippen molar-refractivity contribution in [2.24, 2.45) is 0 Å². The van der Waals surface area contributed by atoms with Crippen molar-refractivity contribution >= 4 is 29.3 Å². The Hall–Kier alpha value is -2.61. The number of carbonyl (C=O) groups excluding carboxylic acids is 2. The van der Waals surface area contributed by atoms with Gasteiger partial charge in [0.15, 0.2) is 0 Å². The van der Waals surface area contributed by atoms with Gasteiger partial charge in [-0.25, -0.2) is 9.99 Å². The fourth-order valence-electron chi connectivity index (χ4n) is 2.40. The average Bonchev–Trinajstić information content (AvgIpc) is 2.96. The molecule has 2 amide bonds. The van der Waals surface area contributed by atoms with E-state index in [0.29, 0.717) is 5.75 Å². The molecule has 1 fully saturated rings. The van der Waals surface area contributed by atoms with Gasteiger partial charge in [-0.1, -0.05) is 12.1 Å². The van der Waals surface area contributed by atoms with Crippen molar-refractivity contribution in [3.8, 4) is 0 Å². The first-order chi connectivity index (χ1) is 12.0. The summed E-state index contributed by atoms with van der Waals surface area (Å²) in [7, 11) is 3.94. The van der Waals surface area contributed by atoms with E-state index >= 15 is 0 Å². The topological polar surface area (TPSA) is 78.4 Å². The van der Waals surface area contributed by atoms with E-state index in [0.717, 1.165) is 16.9 Å². The van der Waals surface area contributed by atoms with E-state index in [1.54, 1.807) is 6.92 Å². The molecule has 130 valence electrons. The van der Waals surface area contributed by atoms with Crippen LogP contribution >= 0.6 is 11.8 Å². The van der Waals surface area contributed by atoms with Crippen molar-refractivity contribution < 1.29 is 9.59 Å². The lowest BCUT2D eigenvalue weighted by molar-refractivity contribution is -0.130. The number of hydrogen-bond donors (Lipinski definition) is 1. The first-order valence-electron chi connectivity index (χ1n) is 7.76. The van der Waals surface area contributed by atoms with Gasteiger partial charge in [0, 0.05) is 26.0 Å². The number of hydrazine groups is 1. The van der Waals surface area contributed by atoms with Gasteiger partial charge in [0.25, 0.3) is 11.8 Å². The number of aromatic nitrogens is 2. The predicted molar refractivity (Wildman–Crippen MR) is 97.0 cm³/mol. The van der Waals surface area contributed by atoms with Crippen LogP contribution in [0.5, 0.6) is 0 Å². The van der Waals surface area contributed by atoms with Gasteiger partial charge in [0.2, 0.25) is 0 Å². The first-order valence-corrected chi connectivity index (χ1v) is 8.81. The summed E-state index contributed by atoms with van der Waals surface area (Å²) in [5.74, 6) is -0.265. The van der Waals surface area contributed by atoms with Gasteiger partial charge in [-0.05, 0) is 24.6 Å². The average molecular weight is 357 g/mol. The van der Waals surface area contributed by atoms with Gasteiger partial charge in [0.05, 0.1) is 17.6 Å². The SMILES string of the molecule is Cc1cnc(C(=O)NN2C(=O)CSC2c2ccc(N(C)C)cc2)cn1. The molecule has 0 spiro atoms. The van der Waals surface area contributed by atoms with Crippen LogP contribution in [0, 0.1) is 6.92 Å². The molecule has 3 rings (SSSR count). The number of nitrogens with zero attached hydrogens (tertiary/aromatic N) is 4. The minimum absolute atomic E-state index is 0.139. The molecule has 2 aromatic rings. The van der Waals surface area contributed by atoms with Crippen LogP contribution in [0.1, 0.15) is 27.1 Å². The Morgan fingerprint density at radius 3 is 2.56 bits per heavy atom. The number of hydrogen-bond acceptors (Lipinski definition) is 6. The van der Waals surface area contributed by atoms with Gasteiger partial charge < -0.3 is 4.90 Å². The molecule has 1 aliphatic rings. The Kier molecular flexibility index (Phi) is 4.89. The molecule has 1 atom stereocenters. The number of amides is 2. The van der Waals surface area contributed by atoms with E-state index < -0.39 is 5.91 Å². The van der Waals surface area contributed by atoms with Crippen LogP contribution in [0.25, 0.3) is 0 Å². The maximum absolute atomic E-state index is 12.4. The van der Waals surface area contributed by atoms with E-state index in [2.05, 4.69) is 15.4 Å². The lowest BCUT2D eigenvalue weighted by atomic mass is 10.2. The maximum Gasteiger partial charge on any atom is 0.290 e. The molecule has 0 saturated carbocycles. The van der Waals surface area contributed by atoms with Crippen molar-refractivity contribution in [2.75, 3.05) is 24.7 Å². The molecule has 1 aromatic carbocycles. The largest absolute Gasteiger partial charge is 0.378 e. The third-order valence-electron chi connectivity index (χ3n) is 3.80. The molecule has 1 aliphatic heterocycles. The number of thioether (sulfide) groups is 1. The van der Waals surface area contributed by atoms with E-state index in [9.17, 15) is 9.59 Å². The fraction of sp³-hybridized carbons (Fsp3) is 0.294. The van der Waals surface area contributed by atoms with E-state index in [-0.39, 0.29) is 17.0 Å². The summed E-state index contributed by atoms with van der Waals surface area (Å²) in [5.41, 5.74) is 5.59. The highest BCUT2D eigenvalue weighted by atomic mass is 32.2.